The Morgan fingerprint density at radius 1 is 1.02 bits per heavy atom. The predicted octanol–water partition coefficient (Wildman–Crippen LogP) is 5.04. The van der Waals surface area contributed by atoms with E-state index in [0.717, 1.165) is 41.1 Å². The summed E-state index contributed by atoms with van der Waals surface area (Å²) in [5.74, 6) is -2.09. The molecule has 4 N–H and O–H groups in total. The van der Waals surface area contributed by atoms with E-state index in [1.165, 1.54) is 24.3 Å². The van der Waals surface area contributed by atoms with Crippen molar-refractivity contribution in [3.05, 3.63) is 94.8 Å². The fourth-order valence-corrected chi connectivity index (χ4v) is 4.35. The van der Waals surface area contributed by atoms with Crippen LogP contribution in [0.4, 0.5) is 44.1 Å². The molecule has 10 nitrogen and oxygen atoms in total. The molecule has 0 radical (unpaired) electrons. The summed E-state index contributed by atoms with van der Waals surface area (Å²) in [4.78, 5) is 26.1. The minimum atomic E-state index is -4.61. The number of carbonyl (C=O) groups excluding carboxylic acids is 1. The van der Waals surface area contributed by atoms with Gasteiger partial charge in [0, 0.05) is 12.5 Å². The van der Waals surface area contributed by atoms with Crippen molar-refractivity contribution in [2.24, 2.45) is 0 Å². The summed E-state index contributed by atoms with van der Waals surface area (Å²) in [6, 6.07) is 11.5. The highest BCUT2D eigenvalue weighted by Gasteiger charge is 2.31. The summed E-state index contributed by atoms with van der Waals surface area (Å²) in [7, 11) is 1.07. The predicted molar refractivity (Wildman–Crippen MR) is 142 cm³/mol. The topological polar surface area (TPSA) is 138 Å². The largest absolute Gasteiger partial charge is 0.452 e. The van der Waals surface area contributed by atoms with Gasteiger partial charge >= 0.3 is 12.3 Å². The first kappa shape index (κ1) is 28.2. The molecule has 0 bridgehead atoms. The Labute approximate surface area is 234 Å². The Morgan fingerprint density at radius 3 is 2.40 bits per heavy atom. The molecule has 42 heavy (non-hydrogen) atoms. The molecule has 216 valence electrons. The van der Waals surface area contributed by atoms with Gasteiger partial charge in [-0.1, -0.05) is 30.3 Å². The Hall–Kier alpha value is -5.34. The maximum atomic E-state index is 14.4. The van der Waals surface area contributed by atoms with Crippen LogP contribution in [-0.4, -0.2) is 37.9 Å². The molecule has 3 aromatic heterocycles. The van der Waals surface area contributed by atoms with Crippen LogP contribution in [0.2, 0.25) is 0 Å². The Balaban J connectivity index is 1.58. The van der Waals surface area contributed by atoms with E-state index >= 15 is 0 Å². The lowest BCUT2D eigenvalue weighted by atomic mass is 10.1. The lowest BCUT2D eigenvalue weighted by molar-refractivity contribution is -0.137. The van der Waals surface area contributed by atoms with Gasteiger partial charge in [-0.15, -0.1) is 0 Å². The molecule has 0 aliphatic rings. The average molecular weight is 585 g/mol. The highest BCUT2D eigenvalue weighted by atomic mass is 19.4. The second kappa shape index (κ2) is 10.9. The number of methoxy groups -OCH3 is 1. The van der Waals surface area contributed by atoms with Crippen molar-refractivity contribution in [2.75, 3.05) is 23.5 Å². The summed E-state index contributed by atoms with van der Waals surface area (Å²) >= 11 is 0. The monoisotopic (exact) mass is 584 g/mol. The molecule has 0 atom stereocenters. The molecule has 0 spiro atoms. The number of rotatable bonds is 6. The third-order valence-corrected chi connectivity index (χ3v) is 6.25. The fraction of sp³-hybridized carbons (Fsp3) is 0.148. The van der Waals surface area contributed by atoms with Crippen molar-refractivity contribution in [2.45, 2.75) is 19.1 Å². The Kier molecular flexibility index (Phi) is 7.33. The minimum Gasteiger partial charge on any atom is -0.452 e. The number of nitrogens with zero attached hydrogens (tertiary/aromatic N) is 6. The van der Waals surface area contributed by atoms with Crippen molar-refractivity contribution >= 4 is 34.4 Å². The van der Waals surface area contributed by atoms with Gasteiger partial charge in [0.1, 0.15) is 22.8 Å². The molecule has 0 unspecified atom stereocenters. The first-order chi connectivity index (χ1) is 20.0. The average Bonchev–Trinajstić information content (AvgIpc) is 3.29. The van der Waals surface area contributed by atoms with E-state index in [4.69, 9.17) is 16.2 Å². The number of ether oxygens (including phenoxy) is 1. The number of benzene rings is 2. The van der Waals surface area contributed by atoms with Crippen LogP contribution in [0, 0.1) is 11.6 Å². The van der Waals surface area contributed by atoms with Crippen molar-refractivity contribution < 1.29 is 31.5 Å². The molecule has 0 aliphatic carbocycles. The highest BCUT2D eigenvalue weighted by molar-refractivity contribution is 5.95. The zero-order valence-corrected chi connectivity index (χ0v) is 21.7. The van der Waals surface area contributed by atoms with E-state index in [0.29, 0.717) is 5.56 Å². The summed E-state index contributed by atoms with van der Waals surface area (Å²) in [5.41, 5.74) is 12.3. The Morgan fingerprint density at radius 2 is 1.74 bits per heavy atom. The molecule has 0 aliphatic heterocycles. The van der Waals surface area contributed by atoms with Crippen molar-refractivity contribution in [3.63, 3.8) is 0 Å². The number of hydrogen-bond donors (Lipinski definition) is 2. The number of carbonyl (C=O) groups is 1. The molecule has 0 saturated carbocycles. The van der Waals surface area contributed by atoms with Crippen LogP contribution in [0.5, 0.6) is 0 Å². The van der Waals surface area contributed by atoms with Gasteiger partial charge in [-0.05, 0) is 29.3 Å². The van der Waals surface area contributed by atoms with Gasteiger partial charge in [0.15, 0.2) is 11.6 Å². The smallest absolute Gasteiger partial charge is 0.416 e. The number of anilines is 3. The zero-order valence-electron chi connectivity index (χ0n) is 21.7. The normalized spacial score (nSPS) is 11.6. The number of amides is 1. The summed E-state index contributed by atoms with van der Waals surface area (Å²) in [5, 5.41) is 4.42. The van der Waals surface area contributed by atoms with E-state index in [-0.39, 0.29) is 52.0 Å². The molecule has 15 heteroatoms. The van der Waals surface area contributed by atoms with Crippen LogP contribution in [0.3, 0.4) is 0 Å². The summed E-state index contributed by atoms with van der Waals surface area (Å²) in [6.07, 6.45) is -4.62. The number of pyridine rings is 1. The molecule has 0 saturated heterocycles. The van der Waals surface area contributed by atoms with Gasteiger partial charge in [-0.2, -0.15) is 32.9 Å². The van der Waals surface area contributed by atoms with Gasteiger partial charge in [0.05, 0.1) is 36.6 Å². The molecular formula is C27H21F5N8O2. The van der Waals surface area contributed by atoms with Crippen LogP contribution in [0.15, 0.2) is 60.8 Å². The maximum absolute atomic E-state index is 14.4. The third-order valence-electron chi connectivity index (χ3n) is 6.25. The molecule has 5 aromatic rings. The molecule has 2 aromatic carbocycles. The van der Waals surface area contributed by atoms with Crippen LogP contribution in [0.1, 0.15) is 22.4 Å². The van der Waals surface area contributed by atoms with E-state index in [1.807, 2.05) is 0 Å². The highest BCUT2D eigenvalue weighted by Crippen LogP contribution is 2.33. The van der Waals surface area contributed by atoms with Gasteiger partial charge in [-0.25, -0.2) is 18.6 Å². The Bertz CT molecular complexity index is 1780. The van der Waals surface area contributed by atoms with Gasteiger partial charge in [0.25, 0.3) is 5.95 Å². The standard InChI is InChI=1S/C27H21F5N8O2/c1-42-26(41)39(13-14-5-4-7-16(9-14)27(30,31)32)22-23(33)36-25(37-24(22)34)40-20-11-17(28)12-35-21(20)19(38-40)10-15-6-2-3-8-18(15)29/h2-9,11-12H,10,13H2,1H3,(H4,33,34,36,37). The van der Waals surface area contributed by atoms with Crippen LogP contribution < -0.4 is 16.4 Å². The molecule has 3 heterocycles. The van der Waals surface area contributed by atoms with Gasteiger partial charge in [-0.3, -0.25) is 4.90 Å². The molecular weight excluding hydrogens is 563 g/mol. The second-order valence-corrected chi connectivity index (χ2v) is 9.04. The third kappa shape index (κ3) is 5.48. The maximum Gasteiger partial charge on any atom is 0.416 e. The first-order valence-electron chi connectivity index (χ1n) is 12.2. The van der Waals surface area contributed by atoms with Crippen LogP contribution in [-0.2, 0) is 23.9 Å². The van der Waals surface area contributed by atoms with E-state index in [9.17, 15) is 26.7 Å². The lowest BCUT2D eigenvalue weighted by Crippen LogP contribution is -2.32. The van der Waals surface area contributed by atoms with Crippen molar-refractivity contribution in [1.82, 2.24) is 24.7 Å². The summed E-state index contributed by atoms with van der Waals surface area (Å²) < 4.78 is 74.2. The van der Waals surface area contributed by atoms with Crippen molar-refractivity contribution in [1.29, 1.82) is 0 Å². The number of aromatic nitrogens is 5. The quantitative estimate of drug-likeness (QED) is 0.265. The second-order valence-electron chi connectivity index (χ2n) is 9.04. The SMILES string of the molecule is COC(=O)N(Cc1cccc(C(F)(F)F)c1)c1c(N)nc(-n2nc(Cc3ccccc3F)c3ncc(F)cc32)nc1N. The van der Waals surface area contributed by atoms with Crippen molar-refractivity contribution in [3.8, 4) is 5.95 Å². The number of alkyl halides is 3. The number of fused-ring (bicyclic) bond motifs is 1. The van der Waals surface area contributed by atoms with E-state index in [2.05, 4.69) is 20.1 Å². The summed E-state index contributed by atoms with van der Waals surface area (Å²) in [6.45, 7) is -0.416. The molecule has 5 rings (SSSR count). The molecule has 1 amide bonds. The van der Waals surface area contributed by atoms with Crippen LogP contribution in [0.25, 0.3) is 17.0 Å². The number of nitrogens with two attached hydrogens (primary N) is 2. The van der Waals surface area contributed by atoms with E-state index in [1.54, 1.807) is 12.1 Å². The number of nitrogen functional groups attached to an aromatic ring is 2. The lowest BCUT2D eigenvalue weighted by Gasteiger charge is -2.24. The zero-order chi connectivity index (χ0) is 30.2. The van der Waals surface area contributed by atoms with Gasteiger partial charge in [0.2, 0.25) is 0 Å². The number of hydrogen-bond acceptors (Lipinski definition) is 8. The van der Waals surface area contributed by atoms with Crippen LogP contribution >= 0.6 is 0 Å². The van der Waals surface area contributed by atoms with Gasteiger partial charge < -0.3 is 16.2 Å². The number of halogens is 5. The minimum absolute atomic E-state index is 0.00492. The first-order valence-corrected chi connectivity index (χ1v) is 12.2. The van der Waals surface area contributed by atoms with E-state index < -0.39 is 36.0 Å². The fourth-order valence-electron chi connectivity index (χ4n) is 4.35. The molecule has 0 fully saturated rings.